The number of furan rings is 1. The van der Waals surface area contributed by atoms with E-state index in [4.69, 9.17) is 4.42 Å². The Balaban J connectivity index is 1.69. The molecule has 2 unspecified atom stereocenters. The molecule has 1 aromatic heterocycles. The molecule has 1 amide bonds. The lowest BCUT2D eigenvalue weighted by atomic mass is 9.89. The van der Waals surface area contributed by atoms with E-state index >= 15 is 0 Å². The van der Waals surface area contributed by atoms with Gasteiger partial charge in [0.1, 0.15) is 11.5 Å². The maximum atomic E-state index is 12.8. The van der Waals surface area contributed by atoms with Gasteiger partial charge in [-0.3, -0.25) is 4.79 Å². The number of aliphatic hydroxyl groups excluding tert-OH is 1. The monoisotopic (exact) mass is 320 g/mol. The molecule has 0 spiro atoms. The number of nitrogens with zero attached hydrogens (tertiary/aromatic N) is 2. The first-order valence-electron chi connectivity index (χ1n) is 8.76. The van der Waals surface area contributed by atoms with Gasteiger partial charge in [0.2, 0.25) is 0 Å². The molecule has 2 atom stereocenters. The Bertz CT molecular complexity index is 548. The summed E-state index contributed by atoms with van der Waals surface area (Å²) in [4.78, 5) is 17.3. The summed E-state index contributed by atoms with van der Waals surface area (Å²) in [5.74, 6) is 2.15. The third-order valence-corrected chi connectivity index (χ3v) is 5.16. The van der Waals surface area contributed by atoms with Crippen molar-refractivity contribution in [3.8, 4) is 0 Å². The fraction of sp³-hybridized carbons (Fsp3) is 0.722. The van der Waals surface area contributed by atoms with Crippen LogP contribution in [0.25, 0.3) is 0 Å². The first-order valence-corrected chi connectivity index (χ1v) is 8.76. The van der Waals surface area contributed by atoms with Crippen LogP contribution in [0.2, 0.25) is 0 Å². The van der Waals surface area contributed by atoms with E-state index in [1.807, 2.05) is 24.8 Å². The van der Waals surface area contributed by atoms with Crippen LogP contribution >= 0.6 is 0 Å². The van der Waals surface area contributed by atoms with Crippen LogP contribution in [-0.4, -0.2) is 60.1 Å². The first-order chi connectivity index (χ1) is 11.1. The molecule has 2 aliphatic rings. The van der Waals surface area contributed by atoms with Gasteiger partial charge in [0.15, 0.2) is 0 Å². The van der Waals surface area contributed by atoms with Crippen molar-refractivity contribution in [3.05, 3.63) is 23.2 Å². The summed E-state index contributed by atoms with van der Waals surface area (Å²) in [5.41, 5.74) is 0.668. The minimum atomic E-state index is 0.0453. The zero-order valence-corrected chi connectivity index (χ0v) is 14.3. The molecular formula is C18H28N2O3. The number of amides is 1. The molecule has 0 bridgehead atoms. The molecule has 5 nitrogen and oxygen atoms in total. The molecule has 2 fully saturated rings. The van der Waals surface area contributed by atoms with Gasteiger partial charge >= 0.3 is 0 Å². The Morgan fingerprint density at radius 2 is 1.96 bits per heavy atom. The predicted octanol–water partition coefficient (Wildman–Crippen LogP) is 2.06. The second kappa shape index (κ2) is 7.05. The molecule has 2 aliphatic heterocycles. The molecule has 2 saturated heterocycles. The summed E-state index contributed by atoms with van der Waals surface area (Å²) < 4.78 is 5.51. The van der Waals surface area contributed by atoms with E-state index in [0.717, 1.165) is 25.3 Å². The Morgan fingerprint density at radius 1 is 1.26 bits per heavy atom. The van der Waals surface area contributed by atoms with E-state index < -0.39 is 0 Å². The number of aliphatic hydroxyl groups is 1. The minimum absolute atomic E-state index is 0.0453. The number of aryl methyl sites for hydroxylation is 2. The number of carbonyl (C=O) groups excluding carboxylic acids is 1. The normalized spacial score (nSPS) is 26.0. The average molecular weight is 320 g/mol. The summed E-state index contributed by atoms with van der Waals surface area (Å²) in [6.45, 7) is 8.70. The maximum absolute atomic E-state index is 12.8. The highest BCUT2D eigenvalue weighted by atomic mass is 16.3. The van der Waals surface area contributed by atoms with Crippen LogP contribution in [0, 0.1) is 25.7 Å². The summed E-state index contributed by atoms with van der Waals surface area (Å²) in [6.07, 6.45) is 3.58. The minimum Gasteiger partial charge on any atom is -0.466 e. The van der Waals surface area contributed by atoms with Crippen molar-refractivity contribution in [2.24, 2.45) is 11.8 Å². The van der Waals surface area contributed by atoms with E-state index in [1.54, 1.807) is 0 Å². The predicted molar refractivity (Wildman–Crippen MR) is 88.4 cm³/mol. The molecule has 128 valence electrons. The van der Waals surface area contributed by atoms with Crippen molar-refractivity contribution < 1.29 is 14.3 Å². The topological polar surface area (TPSA) is 56.9 Å². The second-order valence-electron chi connectivity index (χ2n) is 7.20. The van der Waals surface area contributed by atoms with Crippen molar-refractivity contribution in [2.75, 3.05) is 39.3 Å². The van der Waals surface area contributed by atoms with Crippen LogP contribution in [0.1, 0.15) is 41.1 Å². The quantitative estimate of drug-likeness (QED) is 0.922. The zero-order chi connectivity index (χ0) is 16.4. The van der Waals surface area contributed by atoms with Crippen LogP contribution < -0.4 is 0 Å². The van der Waals surface area contributed by atoms with Gasteiger partial charge in [-0.25, -0.2) is 0 Å². The fourth-order valence-electron chi connectivity index (χ4n) is 4.09. The van der Waals surface area contributed by atoms with E-state index in [-0.39, 0.29) is 18.4 Å². The van der Waals surface area contributed by atoms with Crippen molar-refractivity contribution in [2.45, 2.75) is 33.1 Å². The van der Waals surface area contributed by atoms with Crippen molar-refractivity contribution in [1.29, 1.82) is 0 Å². The molecule has 1 N–H and O–H groups in total. The lowest BCUT2D eigenvalue weighted by molar-refractivity contribution is 0.0464. The summed E-state index contributed by atoms with van der Waals surface area (Å²) in [6, 6.07) is 1.83. The molecule has 3 heterocycles. The van der Waals surface area contributed by atoms with E-state index in [2.05, 4.69) is 4.90 Å². The van der Waals surface area contributed by atoms with Gasteiger partial charge in [0.25, 0.3) is 5.91 Å². The van der Waals surface area contributed by atoms with Gasteiger partial charge in [-0.15, -0.1) is 0 Å². The molecular weight excluding hydrogens is 292 g/mol. The number of hydrogen-bond donors (Lipinski definition) is 1. The second-order valence-corrected chi connectivity index (χ2v) is 7.20. The van der Waals surface area contributed by atoms with E-state index in [0.29, 0.717) is 23.8 Å². The Morgan fingerprint density at radius 3 is 2.57 bits per heavy atom. The van der Waals surface area contributed by atoms with Crippen LogP contribution in [0.15, 0.2) is 10.5 Å². The number of piperidine rings is 1. The molecule has 23 heavy (non-hydrogen) atoms. The van der Waals surface area contributed by atoms with Crippen LogP contribution in [0.5, 0.6) is 0 Å². The van der Waals surface area contributed by atoms with Gasteiger partial charge in [-0.1, -0.05) is 0 Å². The van der Waals surface area contributed by atoms with E-state index in [1.165, 1.54) is 25.9 Å². The third-order valence-electron chi connectivity index (χ3n) is 5.16. The van der Waals surface area contributed by atoms with Gasteiger partial charge in [-0.05, 0) is 64.1 Å². The van der Waals surface area contributed by atoms with Gasteiger partial charge in [0.05, 0.1) is 5.56 Å². The lowest BCUT2D eigenvalue weighted by Gasteiger charge is -2.38. The zero-order valence-electron chi connectivity index (χ0n) is 14.3. The molecule has 1 aromatic rings. The highest BCUT2D eigenvalue weighted by Crippen LogP contribution is 2.26. The lowest BCUT2D eigenvalue weighted by Crippen LogP contribution is -2.47. The van der Waals surface area contributed by atoms with Gasteiger partial charge < -0.3 is 19.3 Å². The Kier molecular flexibility index (Phi) is 5.07. The van der Waals surface area contributed by atoms with Crippen LogP contribution in [0.4, 0.5) is 0 Å². The highest BCUT2D eigenvalue weighted by molar-refractivity contribution is 5.95. The SMILES string of the molecule is Cc1cc(C(=O)N2CC(CO)CC(CN3CCCC3)C2)c(C)o1. The Labute approximate surface area is 138 Å². The first kappa shape index (κ1) is 16.5. The standard InChI is InChI=1S/C18H28N2O3/c1-13-7-17(14(2)23-13)18(22)20-10-15(8-16(11-20)12-21)9-19-5-3-4-6-19/h7,15-16,21H,3-6,8-12H2,1-2H3. The number of rotatable bonds is 4. The summed E-state index contributed by atoms with van der Waals surface area (Å²) in [7, 11) is 0. The van der Waals surface area contributed by atoms with Crippen LogP contribution in [0.3, 0.4) is 0 Å². The van der Waals surface area contributed by atoms with E-state index in [9.17, 15) is 9.90 Å². The van der Waals surface area contributed by atoms with Crippen LogP contribution in [-0.2, 0) is 0 Å². The highest BCUT2D eigenvalue weighted by Gasteiger charge is 2.32. The fourth-order valence-corrected chi connectivity index (χ4v) is 4.09. The molecule has 5 heteroatoms. The smallest absolute Gasteiger partial charge is 0.257 e. The van der Waals surface area contributed by atoms with Gasteiger partial charge in [-0.2, -0.15) is 0 Å². The van der Waals surface area contributed by atoms with Crippen molar-refractivity contribution in [1.82, 2.24) is 9.80 Å². The Hall–Kier alpha value is -1.33. The number of carbonyl (C=O) groups is 1. The summed E-state index contributed by atoms with van der Waals surface area (Å²) >= 11 is 0. The number of likely N-dealkylation sites (tertiary alicyclic amines) is 2. The number of hydrogen-bond acceptors (Lipinski definition) is 4. The molecule has 0 aromatic carbocycles. The maximum Gasteiger partial charge on any atom is 0.257 e. The van der Waals surface area contributed by atoms with Gasteiger partial charge in [0, 0.05) is 26.2 Å². The molecule has 0 aliphatic carbocycles. The van der Waals surface area contributed by atoms with Crippen molar-refractivity contribution in [3.63, 3.8) is 0 Å². The summed E-state index contributed by atoms with van der Waals surface area (Å²) in [5, 5.41) is 9.63. The average Bonchev–Trinajstić information content (AvgIpc) is 3.15. The van der Waals surface area contributed by atoms with Crippen molar-refractivity contribution >= 4 is 5.91 Å². The molecule has 3 rings (SSSR count). The molecule has 0 saturated carbocycles. The largest absolute Gasteiger partial charge is 0.466 e. The third kappa shape index (κ3) is 3.78. The molecule has 0 radical (unpaired) electrons.